The third-order valence-corrected chi connectivity index (χ3v) is 9.13. The lowest BCUT2D eigenvalue weighted by Crippen LogP contribution is -2.38. The number of aliphatic carboxylic acids is 2. The standard InChI is InChI=1S/C12H22O4S6/c1-11(9(13)14,3-7(19)5-17)21-22-12(2,10(15)16)4-8(20)6-18/h7-8,17-20H,3-6H2,1-2H3,(H,13,14)(H,15,16). The Hall–Kier alpha value is 1.04. The number of thiol groups is 4. The molecule has 0 aliphatic heterocycles. The highest BCUT2D eigenvalue weighted by atomic mass is 33.1. The largest absolute Gasteiger partial charge is 0.480 e. The molecule has 22 heavy (non-hydrogen) atoms. The topological polar surface area (TPSA) is 74.6 Å². The van der Waals surface area contributed by atoms with Crippen LogP contribution in [0, 0.1) is 0 Å². The van der Waals surface area contributed by atoms with Crippen molar-refractivity contribution < 1.29 is 19.8 Å². The zero-order valence-electron chi connectivity index (χ0n) is 12.3. The van der Waals surface area contributed by atoms with Crippen LogP contribution in [0.5, 0.6) is 0 Å². The summed E-state index contributed by atoms with van der Waals surface area (Å²) in [6.07, 6.45) is 0.582. The van der Waals surface area contributed by atoms with Gasteiger partial charge < -0.3 is 10.2 Å². The minimum atomic E-state index is -1.14. The van der Waals surface area contributed by atoms with Gasteiger partial charge in [-0.3, -0.25) is 9.59 Å². The van der Waals surface area contributed by atoms with Gasteiger partial charge in [0.15, 0.2) is 0 Å². The molecule has 0 fully saturated rings. The van der Waals surface area contributed by atoms with Crippen molar-refractivity contribution in [2.45, 2.75) is 46.7 Å². The average Bonchev–Trinajstić information content (AvgIpc) is 2.44. The molecule has 2 N–H and O–H groups in total. The molecule has 4 unspecified atom stereocenters. The van der Waals surface area contributed by atoms with Crippen LogP contribution < -0.4 is 0 Å². The van der Waals surface area contributed by atoms with Gasteiger partial charge in [0.25, 0.3) is 0 Å². The monoisotopic (exact) mass is 422 g/mol. The second-order valence-corrected chi connectivity index (χ2v) is 10.6. The van der Waals surface area contributed by atoms with Crippen molar-refractivity contribution >= 4 is 84.0 Å². The predicted molar refractivity (Wildman–Crippen MR) is 110 cm³/mol. The highest BCUT2D eigenvalue weighted by Gasteiger charge is 2.42. The quantitative estimate of drug-likeness (QED) is 0.227. The summed E-state index contributed by atoms with van der Waals surface area (Å²) in [6, 6.07) is 0. The van der Waals surface area contributed by atoms with Crippen LogP contribution in [0.4, 0.5) is 0 Å². The van der Waals surface area contributed by atoms with E-state index in [4.69, 9.17) is 0 Å². The van der Waals surface area contributed by atoms with E-state index in [0.29, 0.717) is 24.3 Å². The van der Waals surface area contributed by atoms with Crippen LogP contribution in [0.3, 0.4) is 0 Å². The van der Waals surface area contributed by atoms with Gasteiger partial charge in [0, 0.05) is 22.0 Å². The molecule has 0 bridgehead atoms. The molecule has 10 heteroatoms. The fraction of sp³-hybridized carbons (Fsp3) is 0.833. The summed E-state index contributed by atoms with van der Waals surface area (Å²) in [6.45, 7) is 3.16. The highest BCUT2D eigenvalue weighted by Crippen LogP contribution is 2.48. The molecule has 0 spiro atoms. The number of carboxylic acids is 2. The third kappa shape index (κ3) is 7.29. The molecule has 0 aliphatic rings. The summed E-state index contributed by atoms with van der Waals surface area (Å²) in [4.78, 5) is 23.1. The molecule has 0 radical (unpaired) electrons. The number of hydrogen-bond acceptors (Lipinski definition) is 8. The molecule has 0 amide bonds. The third-order valence-electron chi connectivity index (χ3n) is 2.99. The molecular weight excluding hydrogens is 401 g/mol. The van der Waals surface area contributed by atoms with Crippen molar-refractivity contribution in [2.24, 2.45) is 0 Å². The minimum absolute atomic E-state index is 0.177. The Kier molecular flexibility index (Phi) is 10.6. The Bertz CT molecular complexity index is 360. The van der Waals surface area contributed by atoms with Crippen LogP contribution in [-0.2, 0) is 9.59 Å². The van der Waals surface area contributed by atoms with Crippen LogP contribution >= 0.6 is 72.1 Å². The lowest BCUT2D eigenvalue weighted by atomic mass is 10.1. The Morgan fingerprint density at radius 1 is 0.909 bits per heavy atom. The second kappa shape index (κ2) is 10.1. The summed E-state index contributed by atoms with van der Waals surface area (Å²) in [5, 5.41) is 18.6. The predicted octanol–water partition coefficient (Wildman–Crippen LogP) is 3.29. The van der Waals surface area contributed by atoms with Crippen molar-refractivity contribution in [3.63, 3.8) is 0 Å². The van der Waals surface area contributed by atoms with Gasteiger partial charge >= 0.3 is 11.9 Å². The molecule has 0 aliphatic carbocycles. The van der Waals surface area contributed by atoms with Gasteiger partial charge in [0.2, 0.25) is 0 Å². The second-order valence-electron chi connectivity index (χ2n) is 5.32. The molecular formula is C12H22O4S6. The van der Waals surface area contributed by atoms with Gasteiger partial charge in [-0.25, -0.2) is 0 Å². The van der Waals surface area contributed by atoms with Gasteiger partial charge in [-0.05, 0) is 26.7 Å². The molecule has 0 rings (SSSR count). The van der Waals surface area contributed by atoms with Crippen molar-refractivity contribution in [1.82, 2.24) is 0 Å². The van der Waals surface area contributed by atoms with Crippen molar-refractivity contribution in [1.29, 1.82) is 0 Å². The fourth-order valence-corrected chi connectivity index (χ4v) is 5.75. The van der Waals surface area contributed by atoms with Gasteiger partial charge in [0.1, 0.15) is 9.49 Å². The van der Waals surface area contributed by atoms with Crippen LogP contribution in [0.1, 0.15) is 26.7 Å². The Labute approximate surface area is 161 Å². The molecule has 0 saturated carbocycles. The van der Waals surface area contributed by atoms with Gasteiger partial charge in [0.05, 0.1) is 0 Å². The summed E-state index contributed by atoms with van der Waals surface area (Å²) in [7, 11) is 2.12. The number of carboxylic acid groups (broad SMARTS) is 2. The average molecular weight is 423 g/mol. The lowest BCUT2D eigenvalue weighted by molar-refractivity contribution is -0.140. The first-order valence-electron chi connectivity index (χ1n) is 6.42. The van der Waals surface area contributed by atoms with Crippen molar-refractivity contribution in [3.05, 3.63) is 0 Å². The van der Waals surface area contributed by atoms with E-state index in [1.807, 2.05) is 0 Å². The van der Waals surface area contributed by atoms with Gasteiger partial charge in [-0.1, -0.05) is 21.6 Å². The van der Waals surface area contributed by atoms with E-state index in [1.54, 1.807) is 13.8 Å². The maximum absolute atomic E-state index is 11.6. The van der Waals surface area contributed by atoms with Gasteiger partial charge in [-0.15, -0.1) is 0 Å². The van der Waals surface area contributed by atoms with E-state index in [0.717, 1.165) is 21.6 Å². The van der Waals surface area contributed by atoms with E-state index in [-0.39, 0.29) is 10.5 Å². The van der Waals surface area contributed by atoms with Crippen LogP contribution in [-0.4, -0.2) is 53.7 Å². The maximum atomic E-state index is 11.6. The molecule has 130 valence electrons. The Morgan fingerprint density at radius 3 is 1.36 bits per heavy atom. The first kappa shape index (κ1) is 23.0. The number of carbonyl (C=O) groups is 2. The highest BCUT2D eigenvalue weighted by molar-refractivity contribution is 8.78. The normalized spacial score (nSPS) is 19.7. The Balaban J connectivity index is 5.06. The molecule has 4 nitrogen and oxygen atoms in total. The van der Waals surface area contributed by atoms with E-state index in [1.165, 1.54) is 0 Å². The van der Waals surface area contributed by atoms with Crippen LogP contribution in [0.25, 0.3) is 0 Å². The first-order valence-corrected chi connectivity index (χ1v) is 10.9. The number of hydrogen-bond donors (Lipinski definition) is 6. The van der Waals surface area contributed by atoms with Crippen molar-refractivity contribution in [2.75, 3.05) is 11.5 Å². The smallest absolute Gasteiger partial charge is 0.320 e. The zero-order valence-corrected chi connectivity index (χ0v) is 17.5. The van der Waals surface area contributed by atoms with E-state index in [2.05, 4.69) is 50.5 Å². The van der Waals surface area contributed by atoms with E-state index in [9.17, 15) is 19.8 Å². The number of rotatable bonds is 11. The molecule has 0 aromatic rings. The molecule has 4 atom stereocenters. The lowest BCUT2D eigenvalue weighted by Gasteiger charge is -2.31. The summed E-state index contributed by atoms with van der Waals surface area (Å²) in [5.74, 6) is -1.08. The first-order chi connectivity index (χ1) is 10.0. The van der Waals surface area contributed by atoms with Crippen LogP contribution in [0.15, 0.2) is 0 Å². The summed E-state index contributed by atoms with van der Waals surface area (Å²) < 4.78 is -2.27. The molecule has 0 aromatic heterocycles. The molecule has 0 saturated heterocycles. The van der Waals surface area contributed by atoms with Crippen LogP contribution in [0.2, 0.25) is 0 Å². The molecule has 0 heterocycles. The fourth-order valence-electron chi connectivity index (χ4n) is 1.53. The SMILES string of the molecule is CC(CC(S)CS)(SSC(C)(CC(S)CS)C(=O)O)C(=O)O. The Morgan fingerprint density at radius 2 is 1.18 bits per heavy atom. The minimum Gasteiger partial charge on any atom is -0.480 e. The summed E-state index contributed by atoms with van der Waals surface area (Å²) >= 11 is 16.8. The zero-order chi connectivity index (χ0) is 17.6. The van der Waals surface area contributed by atoms with Crippen molar-refractivity contribution in [3.8, 4) is 0 Å². The van der Waals surface area contributed by atoms with E-state index >= 15 is 0 Å². The van der Waals surface area contributed by atoms with E-state index < -0.39 is 21.4 Å². The maximum Gasteiger partial charge on any atom is 0.320 e. The molecule has 0 aromatic carbocycles. The van der Waals surface area contributed by atoms with Gasteiger partial charge in [-0.2, -0.15) is 50.5 Å². The summed E-state index contributed by atoms with van der Waals surface area (Å²) in [5.41, 5.74) is 0.